The Bertz CT molecular complexity index is 1350. The molecular weight excluding hydrogens is 522 g/mol. The van der Waals surface area contributed by atoms with Crippen molar-refractivity contribution < 1.29 is 23.5 Å². The maximum atomic E-state index is 13.9. The van der Waals surface area contributed by atoms with E-state index in [1.807, 2.05) is 84.9 Å². The largest absolute Gasteiger partial charge is 0.453 e. The molecule has 10 heteroatoms. The SMILES string of the molecule is COC(=O)NC(C(=O)Nc1ccccc1CC[C@@H]1CN[C@H](c2nnco2)CO1)C(c1ccccc1)c1ccccc1. The highest BCUT2D eigenvalue weighted by atomic mass is 16.5. The maximum Gasteiger partial charge on any atom is 0.407 e. The van der Waals surface area contributed by atoms with E-state index in [4.69, 9.17) is 13.9 Å². The molecule has 212 valence electrons. The Kier molecular flexibility index (Phi) is 9.35. The van der Waals surface area contributed by atoms with E-state index >= 15 is 0 Å². The number of nitrogens with one attached hydrogen (secondary N) is 3. The van der Waals surface area contributed by atoms with Crippen molar-refractivity contribution in [2.75, 3.05) is 25.6 Å². The van der Waals surface area contributed by atoms with Crippen LogP contribution in [-0.2, 0) is 20.7 Å². The van der Waals surface area contributed by atoms with Gasteiger partial charge in [0.1, 0.15) is 12.1 Å². The first kappa shape index (κ1) is 28.0. The summed E-state index contributed by atoms with van der Waals surface area (Å²) in [5.74, 6) is -0.286. The molecular formula is C31H33N5O5. The van der Waals surface area contributed by atoms with Gasteiger partial charge in [-0.05, 0) is 35.6 Å². The lowest BCUT2D eigenvalue weighted by Gasteiger charge is -2.29. The first-order chi connectivity index (χ1) is 20.1. The molecule has 4 aromatic rings. The fourth-order valence-electron chi connectivity index (χ4n) is 5.07. The number of rotatable bonds is 10. The van der Waals surface area contributed by atoms with Crippen LogP contribution >= 0.6 is 0 Å². The Morgan fingerprint density at radius 2 is 1.68 bits per heavy atom. The highest BCUT2D eigenvalue weighted by Gasteiger charge is 2.33. The van der Waals surface area contributed by atoms with Crippen LogP contribution in [0, 0.1) is 0 Å². The molecule has 3 atom stereocenters. The van der Waals surface area contributed by atoms with Gasteiger partial charge >= 0.3 is 6.09 Å². The van der Waals surface area contributed by atoms with Crippen molar-refractivity contribution >= 4 is 17.7 Å². The molecule has 1 aliphatic rings. The Balaban J connectivity index is 1.31. The second kappa shape index (κ2) is 13.7. The number of carbonyl (C=O) groups excluding carboxylic acids is 2. The van der Waals surface area contributed by atoms with E-state index in [2.05, 4.69) is 26.1 Å². The first-order valence-electron chi connectivity index (χ1n) is 13.6. The van der Waals surface area contributed by atoms with Crippen LogP contribution in [-0.4, -0.2) is 54.6 Å². The van der Waals surface area contributed by atoms with E-state index < -0.39 is 18.1 Å². The number of benzene rings is 3. The number of hydrogen-bond donors (Lipinski definition) is 3. The predicted octanol–water partition coefficient (Wildman–Crippen LogP) is 4.23. The Morgan fingerprint density at radius 1 is 1.00 bits per heavy atom. The van der Waals surface area contributed by atoms with Gasteiger partial charge in [-0.15, -0.1) is 10.2 Å². The Labute approximate surface area is 238 Å². The molecule has 2 heterocycles. The van der Waals surface area contributed by atoms with Crippen LogP contribution in [0.25, 0.3) is 0 Å². The molecule has 3 N–H and O–H groups in total. The fraction of sp³-hybridized carbons (Fsp3) is 0.290. The molecule has 10 nitrogen and oxygen atoms in total. The predicted molar refractivity (Wildman–Crippen MR) is 152 cm³/mol. The van der Waals surface area contributed by atoms with Gasteiger partial charge in [-0.2, -0.15) is 0 Å². The van der Waals surface area contributed by atoms with Gasteiger partial charge < -0.3 is 29.8 Å². The average molecular weight is 556 g/mol. The summed E-state index contributed by atoms with van der Waals surface area (Å²) < 4.78 is 16.2. The molecule has 1 saturated heterocycles. The van der Waals surface area contributed by atoms with Crippen molar-refractivity contribution in [3.8, 4) is 0 Å². The van der Waals surface area contributed by atoms with Crippen LogP contribution in [0.4, 0.5) is 10.5 Å². The van der Waals surface area contributed by atoms with E-state index in [1.165, 1.54) is 13.5 Å². The van der Waals surface area contributed by atoms with E-state index in [9.17, 15) is 9.59 Å². The van der Waals surface area contributed by atoms with Crippen molar-refractivity contribution in [3.05, 3.63) is 114 Å². The van der Waals surface area contributed by atoms with Crippen molar-refractivity contribution in [1.82, 2.24) is 20.8 Å². The van der Waals surface area contributed by atoms with Crippen molar-refractivity contribution in [3.63, 3.8) is 0 Å². The number of para-hydroxylation sites is 1. The number of aryl methyl sites for hydroxylation is 1. The molecule has 3 aromatic carbocycles. The molecule has 2 amide bonds. The zero-order chi connectivity index (χ0) is 28.4. The molecule has 0 spiro atoms. The van der Waals surface area contributed by atoms with Gasteiger partial charge in [0.25, 0.3) is 0 Å². The number of aromatic nitrogens is 2. The minimum atomic E-state index is -0.937. The maximum absolute atomic E-state index is 13.9. The lowest BCUT2D eigenvalue weighted by molar-refractivity contribution is -0.118. The molecule has 1 aromatic heterocycles. The lowest BCUT2D eigenvalue weighted by atomic mass is 9.84. The summed E-state index contributed by atoms with van der Waals surface area (Å²) in [4.78, 5) is 26.4. The van der Waals surface area contributed by atoms with Crippen molar-refractivity contribution in [2.45, 2.75) is 36.9 Å². The fourth-order valence-corrected chi connectivity index (χ4v) is 5.07. The van der Waals surface area contributed by atoms with Crippen LogP contribution in [0.1, 0.15) is 41.0 Å². The number of morpholine rings is 1. The third-order valence-electron chi connectivity index (χ3n) is 7.17. The van der Waals surface area contributed by atoms with Crippen LogP contribution in [0.2, 0.25) is 0 Å². The van der Waals surface area contributed by atoms with Gasteiger partial charge in [0.15, 0.2) is 0 Å². The highest BCUT2D eigenvalue weighted by molar-refractivity contribution is 5.98. The topological polar surface area (TPSA) is 128 Å². The van der Waals surface area contributed by atoms with Gasteiger partial charge in [0, 0.05) is 18.2 Å². The van der Waals surface area contributed by atoms with Gasteiger partial charge in [-0.25, -0.2) is 4.79 Å². The minimum Gasteiger partial charge on any atom is -0.453 e. The second-order valence-electron chi connectivity index (χ2n) is 9.79. The van der Waals surface area contributed by atoms with E-state index in [-0.39, 0.29) is 18.1 Å². The molecule has 0 saturated carbocycles. The molecule has 0 radical (unpaired) electrons. The average Bonchev–Trinajstić information content (AvgIpc) is 3.57. The van der Waals surface area contributed by atoms with E-state index in [0.29, 0.717) is 31.2 Å². The Hall–Kier alpha value is -4.54. The first-order valence-corrected chi connectivity index (χ1v) is 13.6. The number of methoxy groups -OCH3 is 1. The summed E-state index contributed by atoms with van der Waals surface area (Å²) in [5.41, 5.74) is 3.44. The quantitative estimate of drug-likeness (QED) is 0.265. The molecule has 1 fully saturated rings. The highest BCUT2D eigenvalue weighted by Crippen LogP contribution is 2.30. The third-order valence-corrected chi connectivity index (χ3v) is 7.17. The summed E-state index contributed by atoms with van der Waals surface area (Å²) in [7, 11) is 1.28. The summed E-state index contributed by atoms with van der Waals surface area (Å²) in [6.07, 6.45) is 2.05. The number of hydrogen-bond acceptors (Lipinski definition) is 8. The molecule has 0 aliphatic carbocycles. The van der Waals surface area contributed by atoms with Crippen molar-refractivity contribution in [2.24, 2.45) is 0 Å². The zero-order valence-electron chi connectivity index (χ0n) is 22.7. The molecule has 1 unspecified atom stereocenters. The Morgan fingerprint density at radius 3 is 2.29 bits per heavy atom. The normalized spacial score (nSPS) is 17.5. The summed E-state index contributed by atoms with van der Waals surface area (Å²) in [5, 5.41) is 16.9. The zero-order valence-corrected chi connectivity index (χ0v) is 22.7. The van der Waals surface area contributed by atoms with Crippen LogP contribution in [0.15, 0.2) is 95.7 Å². The van der Waals surface area contributed by atoms with Crippen LogP contribution in [0.5, 0.6) is 0 Å². The van der Waals surface area contributed by atoms with E-state index in [1.54, 1.807) is 0 Å². The lowest BCUT2D eigenvalue weighted by Crippen LogP contribution is -2.48. The number of anilines is 1. The van der Waals surface area contributed by atoms with Gasteiger partial charge in [-0.1, -0.05) is 78.9 Å². The van der Waals surface area contributed by atoms with Crippen molar-refractivity contribution in [1.29, 1.82) is 0 Å². The summed E-state index contributed by atoms with van der Waals surface area (Å²) in [6.45, 7) is 1.08. The number of ether oxygens (including phenoxy) is 2. The minimum absolute atomic E-state index is 0.00721. The molecule has 5 rings (SSSR count). The number of carbonyl (C=O) groups is 2. The van der Waals surface area contributed by atoms with E-state index in [0.717, 1.165) is 23.1 Å². The standard InChI is InChI=1S/C31H33N5O5/c1-39-31(38)35-28(27(22-11-4-2-5-12-22)23-13-6-3-7-14-23)29(37)34-25-15-9-8-10-21(25)16-17-24-18-32-26(19-40-24)30-36-33-20-41-30/h2-15,20,24,26-28,32H,16-19H2,1H3,(H,34,37)(H,35,38)/t24-,26+,28?/m1/s1. The van der Waals surface area contributed by atoms with Gasteiger partial charge in [0.05, 0.1) is 19.8 Å². The monoisotopic (exact) mass is 555 g/mol. The summed E-state index contributed by atoms with van der Waals surface area (Å²) >= 11 is 0. The van der Waals surface area contributed by atoms with Gasteiger partial charge in [-0.3, -0.25) is 4.79 Å². The van der Waals surface area contributed by atoms with Crippen LogP contribution < -0.4 is 16.0 Å². The number of alkyl carbamates (subject to hydrolysis) is 1. The third kappa shape index (κ3) is 7.16. The molecule has 0 bridgehead atoms. The number of amides is 2. The smallest absolute Gasteiger partial charge is 0.407 e. The number of nitrogens with zero attached hydrogens (tertiary/aromatic N) is 2. The second-order valence-corrected chi connectivity index (χ2v) is 9.79. The van der Waals surface area contributed by atoms with Crippen LogP contribution in [0.3, 0.4) is 0 Å². The molecule has 41 heavy (non-hydrogen) atoms. The van der Waals surface area contributed by atoms with Gasteiger partial charge in [0.2, 0.25) is 18.2 Å². The molecule has 1 aliphatic heterocycles. The summed E-state index contributed by atoms with van der Waals surface area (Å²) in [6, 6.07) is 25.9.